The van der Waals surface area contributed by atoms with Crippen LogP contribution >= 0.6 is 0 Å². The first-order valence-electron chi connectivity index (χ1n) is 4.13. The van der Waals surface area contributed by atoms with Gasteiger partial charge >= 0.3 is 0 Å². The Morgan fingerprint density at radius 3 is 2.92 bits per heavy atom. The van der Waals surface area contributed by atoms with E-state index in [4.69, 9.17) is 0 Å². The molecule has 0 radical (unpaired) electrons. The number of amides is 1. The molecule has 13 heavy (non-hydrogen) atoms. The van der Waals surface area contributed by atoms with Crippen molar-refractivity contribution in [3.8, 4) is 0 Å². The van der Waals surface area contributed by atoms with Crippen molar-refractivity contribution in [2.45, 2.75) is 20.0 Å². The number of aromatic nitrogens is 1. The molecule has 0 bridgehead atoms. The number of pyridine rings is 1. The van der Waals surface area contributed by atoms with Crippen molar-refractivity contribution in [2.24, 2.45) is 0 Å². The molecule has 1 aliphatic rings. The average Bonchev–Trinajstić information content (AvgIpc) is 2.46. The summed E-state index contributed by atoms with van der Waals surface area (Å²) in [6, 6.07) is 3.26. The fourth-order valence-corrected chi connectivity index (χ4v) is 1.51. The summed E-state index contributed by atoms with van der Waals surface area (Å²) < 4.78 is 0. The lowest BCUT2D eigenvalue weighted by atomic mass is 10.2. The van der Waals surface area contributed by atoms with Crippen LogP contribution in [0.5, 0.6) is 0 Å². The Bertz CT molecular complexity index is 408. The smallest absolute Gasteiger partial charge is 0.248 e. The fourth-order valence-electron chi connectivity index (χ4n) is 1.51. The predicted octanol–water partition coefficient (Wildman–Crippen LogP) is 0.237. The maximum absolute atomic E-state index is 11.0. The minimum absolute atomic E-state index is 0.0389. The molecule has 4 nitrogen and oxygen atoms in total. The van der Waals surface area contributed by atoms with E-state index >= 15 is 0 Å². The first kappa shape index (κ1) is 8.04. The SMILES string of the molecule is CC(=O)N1Cc2ccc(=O)[nH]c2C1. The summed E-state index contributed by atoms with van der Waals surface area (Å²) in [6.07, 6.45) is 0. The highest BCUT2D eigenvalue weighted by atomic mass is 16.2. The van der Waals surface area contributed by atoms with Crippen LogP contribution in [0.3, 0.4) is 0 Å². The number of fused-ring (bicyclic) bond motifs is 1. The normalized spacial score (nSPS) is 14.4. The highest BCUT2D eigenvalue weighted by Gasteiger charge is 2.20. The first-order chi connectivity index (χ1) is 6.16. The number of hydrogen-bond acceptors (Lipinski definition) is 2. The van der Waals surface area contributed by atoms with Crippen molar-refractivity contribution < 1.29 is 4.79 Å². The third kappa shape index (κ3) is 1.35. The zero-order valence-corrected chi connectivity index (χ0v) is 7.33. The summed E-state index contributed by atoms with van der Waals surface area (Å²) in [6.45, 7) is 2.67. The van der Waals surface area contributed by atoms with E-state index in [0.29, 0.717) is 13.1 Å². The van der Waals surface area contributed by atoms with Gasteiger partial charge in [-0.2, -0.15) is 0 Å². The average molecular weight is 178 g/mol. The van der Waals surface area contributed by atoms with Gasteiger partial charge in [-0.3, -0.25) is 9.59 Å². The monoisotopic (exact) mass is 178 g/mol. The third-order valence-electron chi connectivity index (χ3n) is 2.25. The van der Waals surface area contributed by atoms with E-state index in [1.54, 1.807) is 11.0 Å². The molecular formula is C9H10N2O2. The number of aromatic amines is 1. The van der Waals surface area contributed by atoms with Gasteiger partial charge in [0.2, 0.25) is 11.5 Å². The van der Waals surface area contributed by atoms with Crippen molar-refractivity contribution in [3.63, 3.8) is 0 Å². The lowest BCUT2D eigenvalue weighted by molar-refractivity contribution is -0.129. The van der Waals surface area contributed by atoms with Crippen molar-refractivity contribution >= 4 is 5.91 Å². The number of H-pyrrole nitrogens is 1. The molecule has 68 valence electrons. The lowest BCUT2D eigenvalue weighted by Gasteiger charge is -2.10. The standard InChI is InChI=1S/C9H10N2O2/c1-6(12)11-4-7-2-3-9(13)10-8(7)5-11/h2-3H,4-5H2,1H3,(H,10,13). The number of rotatable bonds is 0. The highest BCUT2D eigenvalue weighted by Crippen LogP contribution is 2.18. The van der Waals surface area contributed by atoms with Crippen LogP contribution in [-0.2, 0) is 17.9 Å². The molecule has 0 fully saturated rings. The molecule has 0 unspecified atom stereocenters. The molecule has 2 rings (SSSR count). The Morgan fingerprint density at radius 2 is 2.23 bits per heavy atom. The predicted molar refractivity (Wildman–Crippen MR) is 47.0 cm³/mol. The van der Waals surface area contributed by atoms with Crippen molar-refractivity contribution in [2.75, 3.05) is 0 Å². The number of carbonyl (C=O) groups excluding carboxylic acids is 1. The molecule has 4 heteroatoms. The molecule has 1 aromatic heterocycles. The Hall–Kier alpha value is -1.58. The lowest BCUT2D eigenvalue weighted by Crippen LogP contribution is -2.21. The minimum Gasteiger partial charge on any atom is -0.333 e. The topological polar surface area (TPSA) is 53.2 Å². The second-order valence-electron chi connectivity index (χ2n) is 3.20. The summed E-state index contributed by atoms with van der Waals surface area (Å²) in [5, 5.41) is 0. The van der Waals surface area contributed by atoms with Gasteiger partial charge in [0, 0.05) is 25.2 Å². The maximum Gasteiger partial charge on any atom is 0.248 e. The summed E-state index contributed by atoms with van der Waals surface area (Å²) in [7, 11) is 0. The zero-order valence-electron chi connectivity index (χ0n) is 7.33. The molecule has 0 aromatic carbocycles. The van der Waals surface area contributed by atoms with Crippen LogP contribution in [0.25, 0.3) is 0 Å². The van der Waals surface area contributed by atoms with Crippen molar-refractivity contribution in [1.29, 1.82) is 0 Å². The largest absolute Gasteiger partial charge is 0.333 e. The first-order valence-corrected chi connectivity index (χ1v) is 4.13. The molecular weight excluding hydrogens is 168 g/mol. The van der Waals surface area contributed by atoms with Crippen LogP contribution in [-0.4, -0.2) is 15.8 Å². The van der Waals surface area contributed by atoms with Gasteiger partial charge in [-0.15, -0.1) is 0 Å². The number of hydrogen-bond donors (Lipinski definition) is 1. The molecule has 1 aromatic rings. The minimum atomic E-state index is -0.107. The highest BCUT2D eigenvalue weighted by molar-refractivity contribution is 5.73. The third-order valence-corrected chi connectivity index (χ3v) is 2.25. The van der Waals surface area contributed by atoms with Gasteiger partial charge in [0.05, 0.1) is 6.54 Å². The van der Waals surface area contributed by atoms with Gasteiger partial charge in [0.15, 0.2) is 0 Å². The van der Waals surface area contributed by atoms with E-state index in [9.17, 15) is 9.59 Å². The Labute approximate surface area is 75.2 Å². The summed E-state index contributed by atoms with van der Waals surface area (Å²) in [5.41, 5.74) is 1.79. The summed E-state index contributed by atoms with van der Waals surface area (Å²) in [4.78, 5) is 26.4. The molecule has 1 amide bonds. The van der Waals surface area contributed by atoms with E-state index in [0.717, 1.165) is 11.3 Å². The van der Waals surface area contributed by atoms with Crippen LogP contribution < -0.4 is 5.56 Å². The summed E-state index contributed by atoms with van der Waals surface area (Å²) >= 11 is 0. The van der Waals surface area contributed by atoms with Gasteiger partial charge in [-0.05, 0) is 11.6 Å². The van der Waals surface area contributed by atoms with Gasteiger partial charge in [-0.1, -0.05) is 0 Å². The van der Waals surface area contributed by atoms with Gasteiger partial charge < -0.3 is 9.88 Å². The molecule has 0 spiro atoms. The van der Waals surface area contributed by atoms with Crippen LogP contribution in [0.4, 0.5) is 0 Å². The van der Waals surface area contributed by atoms with Crippen molar-refractivity contribution in [3.05, 3.63) is 33.7 Å². The Balaban J connectivity index is 2.35. The van der Waals surface area contributed by atoms with Gasteiger partial charge in [-0.25, -0.2) is 0 Å². The Morgan fingerprint density at radius 1 is 1.46 bits per heavy atom. The van der Waals surface area contributed by atoms with Gasteiger partial charge in [0.1, 0.15) is 0 Å². The van der Waals surface area contributed by atoms with Crippen LogP contribution in [0, 0.1) is 0 Å². The second kappa shape index (κ2) is 2.73. The van der Waals surface area contributed by atoms with E-state index in [1.807, 2.05) is 0 Å². The maximum atomic E-state index is 11.0. The van der Waals surface area contributed by atoms with E-state index < -0.39 is 0 Å². The zero-order chi connectivity index (χ0) is 9.42. The van der Waals surface area contributed by atoms with Crippen LogP contribution in [0.15, 0.2) is 16.9 Å². The van der Waals surface area contributed by atoms with Crippen LogP contribution in [0.1, 0.15) is 18.2 Å². The number of carbonyl (C=O) groups is 1. The molecule has 1 N–H and O–H groups in total. The second-order valence-corrected chi connectivity index (χ2v) is 3.20. The number of nitrogens with one attached hydrogen (secondary N) is 1. The molecule has 2 heterocycles. The van der Waals surface area contributed by atoms with Crippen LogP contribution in [0.2, 0.25) is 0 Å². The van der Waals surface area contributed by atoms with E-state index in [2.05, 4.69) is 4.98 Å². The summed E-state index contributed by atoms with van der Waals surface area (Å²) in [5.74, 6) is 0.0389. The fraction of sp³-hybridized carbons (Fsp3) is 0.333. The quantitative estimate of drug-likeness (QED) is 0.618. The molecule has 0 aliphatic carbocycles. The molecule has 1 aliphatic heterocycles. The van der Waals surface area contributed by atoms with E-state index in [-0.39, 0.29) is 11.5 Å². The molecule has 0 atom stereocenters. The molecule has 0 saturated carbocycles. The van der Waals surface area contributed by atoms with E-state index in [1.165, 1.54) is 13.0 Å². The van der Waals surface area contributed by atoms with Crippen molar-refractivity contribution in [1.82, 2.24) is 9.88 Å². The number of nitrogens with zero attached hydrogens (tertiary/aromatic N) is 1. The Kier molecular flexibility index (Phi) is 1.69. The van der Waals surface area contributed by atoms with Gasteiger partial charge in [0.25, 0.3) is 0 Å². The molecule has 0 saturated heterocycles.